The van der Waals surface area contributed by atoms with Crippen LogP contribution in [0, 0.1) is 11.7 Å². The molecule has 0 atom stereocenters. The molecule has 0 bridgehead atoms. The van der Waals surface area contributed by atoms with Gasteiger partial charge < -0.3 is 9.64 Å². The average Bonchev–Trinajstić information content (AvgIpc) is 2.74. The van der Waals surface area contributed by atoms with Crippen LogP contribution in [0.25, 0.3) is 0 Å². The summed E-state index contributed by atoms with van der Waals surface area (Å²) in [5, 5.41) is 0. The van der Waals surface area contributed by atoms with Gasteiger partial charge in [-0.15, -0.1) is 0 Å². The molecule has 1 heterocycles. The number of carbonyl (C=O) groups is 1. The van der Waals surface area contributed by atoms with Crippen LogP contribution >= 0.6 is 0 Å². The van der Waals surface area contributed by atoms with Crippen LogP contribution in [0.5, 0.6) is 5.75 Å². The number of hydrogen-bond acceptors (Lipinski definition) is 3. The molecule has 0 radical (unpaired) electrons. The van der Waals surface area contributed by atoms with Crippen molar-refractivity contribution in [2.75, 3.05) is 26.2 Å². The predicted octanol–water partition coefficient (Wildman–Crippen LogP) is 5.50. The van der Waals surface area contributed by atoms with Gasteiger partial charge in [-0.25, -0.2) is 4.39 Å². The molecule has 0 aromatic heterocycles. The molecule has 1 saturated heterocycles. The summed E-state index contributed by atoms with van der Waals surface area (Å²) in [4.78, 5) is 16.6. The molecule has 2 aromatic rings. The largest absolute Gasteiger partial charge is 0.489 e. The maximum Gasteiger partial charge on any atom is 0.416 e. The van der Waals surface area contributed by atoms with Crippen LogP contribution in [0.3, 0.4) is 0 Å². The first-order valence-corrected chi connectivity index (χ1v) is 11.3. The van der Waals surface area contributed by atoms with E-state index < -0.39 is 17.6 Å². The van der Waals surface area contributed by atoms with Gasteiger partial charge in [0.15, 0.2) is 0 Å². The van der Waals surface area contributed by atoms with E-state index in [2.05, 4.69) is 13.8 Å². The number of halogens is 4. The first-order valence-electron chi connectivity index (χ1n) is 11.3. The molecule has 1 aliphatic heterocycles. The fourth-order valence-electron chi connectivity index (χ4n) is 3.98. The van der Waals surface area contributed by atoms with Crippen molar-refractivity contribution in [2.45, 2.75) is 46.0 Å². The van der Waals surface area contributed by atoms with Crippen LogP contribution < -0.4 is 4.74 Å². The number of carbonyl (C=O) groups excluding carboxylic acids is 1. The third-order valence-corrected chi connectivity index (χ3v) is 5.68. The highest BCUT2D eigenvalue weighted by Crippen LogP contribution is 2.30. The van der Waals surface area contributed by atoms with Crippen molar-refractivity contribution in [1.82, 2.24) is 9.80 Å². The zero-order valence-electron chi connectivity index (χ0n) is 19.0. The summed E-state index contributed by atoms with van der Waals surface area (Å²) >= 11 is 0. The average molecular weight is 467 g/mol. The molecule has 8 heteroatoms. The van der Waals surface area contributed by atoms with Crippen molar-refractivity contribution in [2.24, 2.45) is 5.92 Å². The summed E-state index contributed by atoms with van der Waals surface area (Å²) in [6, 6.07) is 9.34. The number of rotatable bonds is 10. The molecule has 1 amide bonds. The maximum atomic E-state index is 14.6. The van der Waals surface area contributed by atoms with E-state index >= 15 is 0 Å². The Morgan fingerprint density at radius 3 is 2.39 bits per heavy atom. The van der Waals surface area contributed by atoms with E-state index in [1.54, 1.807) is 12.1 Å². The van der Waals surface area contributed by atoms with Gasteiger partial charge in [0.05, 0.1) is 11.5 Å². The van der Waals surface area contributed by atoms with Gasteiger partial charge in [0, 0.05) is 44.4 Å². The zero-order chi connectivity index (χ0) is 24.0. The van der Waals surface area contributed by atoms with E-state index in [1.807, 2.05) is 9.80 Å². The van der Waals surface area contributed by atoms with E-state index in [9.17, 15) is 22.4 Å². The Labute approximate surface area is 192 Å². The molecule has 0 unspecified atom stereocenters. The second-order valence-electron chi connectivity index (χ2n) is 8.46. The van der Waals surface area contributed by atoms with Gasteiger partial charge in [0.1, 0.15) is 18.2 Å². The molecule has 0 aliphatic carbocycles. The maximum absolute atomic E-state index is 14.6. The van der Waals surface area contributed by atoms with E-state index in [0.717, 1.165) is 38.1 Å². The minimum absolute atomic E-state index is 0.0405. The molecule has 4 nitrogen and oxygen atoms in total. The minimum atomic E-state index is -4.42. The van der Waals surface area contributed by atoms with Gasteiger partial charge in [-0.2, -0.15) is 13.2 Å². The quantitative estimate of drug-likeness (QED) is 0.433. The fourth-order valence-corrected chi connectivity index (χ4v) is 3.98. The Bertz CT molecular complexity index is 936. The molecule has 2 aromatic carbocycles. The van der Waals surface area contributed by atoms with Gasteiger partial charge in [0.2, 0.25) is 5.91 Å². The van der Waals surface area contributed by atoms with Crippen LogP contribution in [0.2, 0.25) is 0 Å². The molecule has 1 fully saturated rings. The molecule has 1 aliphatic rings. The number of amides is 1. The summed E-state index contributed by atoms with van der Waals surface area (Å²) < 4.78 is 58.5. The molecule has 33 heavy (non-hydrogen) atoms. The topological polar surface area (TPSA) is 32.8 Å². The zero-order valence-corrected chi connectivity index (χ0v) is 19.0. The number of benzene rings is 2. The van der Waals surface area contributed by atoms with Crippen molar-refractivity contribution < 1.29 is 27.1 Å². The number of likely N-dealkylation sites (tertiary alicyclic amines) is 1. The lowest BCUT2D eigenvalue weighted by Gasteiger charge is -2.40. The molecule has 180 valence electrons. The molecule has 0 saturated carbocycles. The lowest BCUT2D eigenvalue weighted by Crippen LogP contribution is -2.54. The highest BCUT2D eigenvalue weighted by Gasteiger charge is 2.35. The summed E-state index contributed by atoms with van der Waals surface area (Å²) in [5.41, 5.74) is 0.0982. The minimum Gasteiger partial charge on any atom is -0.489 e. The van der Waals surface area contributed by atoms with Gasteiger partial charge in [-0.3, -0.25) is 9.69 Å². The normalized spacial score (nSPS) is 14.7. The van der Waals surface area contributed by atoms with Gasteiger partial charge in [0.25, 0.3) is 0 Å². The lowest BCUT2D eigenvalue weighted by atomic mass is 9.97. The Kier molecular flexibility index (Phi) is 8.35. The van der Waals surface area contributed by atoms with Gasteiger partial charge >= 0.3 is 6.18 Å². The Morgan fingerprint density at radius 1 is 1.09 bits per heavy atom. The van der Waals surface area contributed by atoms with E-state index in [-0.39, 0.29) is 24.2 Å². The van der Waals surface area contributed by atoms with Crippen molar-refractivity contribution in [3.8, 4) is 5.75 Å². The van der Waals surface area contributed by atoms with E-state index in [1.165, 1.54) is 18.2 Å². The first-order chi connectivity index (χ1) is 15.7. The highest BCUT2D eigenvalue weighted by atomic mass is 19.4. The highest BCUT2D eigenvalue weighted by molar-refractivity contribution is 5.80. The predicted molar refractivity (Wildman–Crippen MR) is 118 cm³/mol. The molecule has 3 rings (SSSR count). The van der Waals surface area contributed by atoms with Gasteiger partial charge in [-0.1, -0.05) is 32.0 Å². The van der Waals surface area contributed by atoms with Crippen molar-refractivity contribution >= 4 is 5.91 Å². The Balaban J connectivity index is 1.51. The molecular weight excluding hydrogens is 436 g/mol. The van der Waals surface area contributed by atoms with Gasteiger partial charge in [-0.05, 0) is 36.6 Å². The number of nitrogens with zero attached hydrogens (tertiary/aromatic N) is 2. The third kappa shape index (κ3) is 6.69. The monoisotopic (exact) mass is 466 g/mol. The molecule has 0 N–H and O–H groups in total. The summed E-state index contributed by atoms with van der Waals surface area (Å²) in [7, 11) is 0. The molecule has 0 spiro atoms. The summed E-state index contributed by atoms with van der Waals surface area (Å²) in [6.07, 6.45) is -2.57. The second-order valence-corrected chi connectivity index (χ2v) is 8.46. The standard InChI is InChI=1S/C25H30F4N2O2/c1-3-10-31(11-4-2)24(32)20-15-30(16-20)14-19-8-9-22(13-23(19)26)33-17-18-6-5-7-21(12-18)25(27,28)29/h5-9,12-13,20H,3-4,10-11,14-17H2,1-2H3. The van der Waals surface area contributed by atoms with Crippen molar-refractivity contribution in [3.63, 3.8) is 0 Å². The number of hydrogen-bond donors (Lipinski definition) is 0. The Morgan fingerprint density at radius 2 is 1.79 bits per heavy atom. The Hall–Kier alpha value is -2.61. The van der Waals surface area contributed by atoms with Crippen LogP contribution in [-0.2, 0) is 24.1 Å². The third-order valence-electron chi connectivity index (χ3n) is 5.68. The van der Waals surface area contributed by atoms with Crippen molar-refractivity contribution in [3.05, 3.63) is 65.0 Å². The first kappa shape index (κ1) is 25.0. The van der Waals surface area contributed by atoms with E-state index in [4.69, 9.17) is 4.74 Å². The number of ether oxygens (including phenoxy) is 1. The molecular formula is C25H30F4N2O2. The second kappa shape index (κ2) is 11.0. The van der Waals surface area contributed by atoms with Crippen molar-refractivity contribution in [1.29, 1.82) is 0 Å². The van der Waals surface area contributed by atoms with Crippen LogP contribution in [0.1, 0.15) is 43.4 Å². The summed E-state index contributed by atoms with van der Waals surface area (Å²) in [5.74, 6) is -0.0556. The van der Waals surface area contributed by atoms with Crippen LogP contribution in [-0.4, -0.2) is 41.9 Å². The summed E-state index contributed by atoms with van der Waals surface area (Å²) in [6.45, 7) is 7.15. The smallest absolute Gasteiger partial charge is 0.416 e. The lowest BCUT2D eigenvalue weighted by molar-refractivity contribution is -0.141. The fraction of sp³-hybridized carbons (Fsp3) is 0.480. The van der Waals surface area contributed by atoms with Crippen LogP contribution in [0.4, 0.5) is 17.6 Å². The SMILES string of the molecule is CCCN(CCC)C(=O)C1CN(Cc2ccc(OCc3cccc(C(F)(F)F)c3)cc2F)C1. The van der Waals surface area contributed by atoms with Crippen LogP contribution in [0.15, 0.2) is 42.5 Å². The number of alkyl halides is 3. The van der Waals surface area contributed by atoms with E-state index in [0.29, 0.717) is 30.8 Å².